The Balaban J connectivity index is 0.00000225. The second-order valence-electron chi connectivity index (χ2n) is 6.26. The molecule has 1 aliphatic rings. The minimum atomic E-state index is -0.461. The molecular weight excluding hydrogens is 336 g/mol. The first kappa shape index (κ1) is 19.4. The second-order valence-corrected chi connectivity index (χ2v) is 6.26. The zero-order valence-electron chi connectivity index (χ0n) is 14.3. The van der Waals surface area contributed by atoms with Crippen LogP contribution in [0.25, 0.3) is 0 Å². The molecule has 2 aromatic rings. The molecule has 3 rings (SSSR count). The molecule has 1 aliphatic heterocycles. The molecule has 1 fully saturated rings. The van der Waals surface area contributed by atoms with E-state index >= 15 is 0 Å². The number of aromatic nitrogens is 1. The molecule has 1 aromatic heterocycles. The van der Waals surface area contributed by atoms with E-state index in [1.165, 1.54) is 5.56 Å². The van der Waals surface area contributed by atoms with Crippen molar-refractivity contribution in [3.8, 4) is 0 Å². The van der Waals surface area contributed by atoms with E-state index in [0.29, 0.717) is 6.42 Å². The Morgan fingerprint density at radius 3 is 2.36 bits per heavy atom. The number of amides is 1. The van der Waals surface area contributed by atoms with E-state index in [1.54, 1.807) is 6.20 Å². The quantitative estimate of drug-likeness (QED) is 0.881. The number of carbonyl (C=O) groups is 1. The Morgan fingerprint density at radius 2 is 1.72 bits per heavy atom. The molecule has 5 nitrogen and oxygen atoms in total. The fourth-order valence-corrected chi connectivity index (χ4v) is 3.07. The third kappa shape index (κ3) is 5.53. The molecule has 6 heteroatoms. The molecule has 1 unspecified atom stereocenters. The predicted octanol–water partition coefficient (Wildman–Crippen LogP) is 1.72. The molecular formula is C19H25ClN4O. The van der Waals surface area contributed by atoms with Crippen molar-refractivity contribution in [1.29, 1.82) is 0 Å². The highest BCUT2D eigenvalue weighted by Gasteiger charge is 2.25. The largest absolute Gasteiger partial charge is 0.339 e. The van der Waals surface area contributed by atoms with Gasteiger partial charge >= 0.3 is 0 Å². The van der Waals surface area contributed by atoms with Crippen molar-refractivity contribution in [2.45, 2.75) is 19.0 Å². The first-order valence-electron chi connectivity index (χ1n) is 8.42. The fourth-order valence-electron chi connectivity index (χ4n) is 3.07. The van der Waals surface area contributed by atoms with Gasteiger partial charge in [0.25, 0.3) is 0 Å². The van der Waals surface area contributed by atoms with Crippen LogP contribution in [0, 0.1) is 0 Å². The van der Waals surface area contributed by atoms with Gasteiger partial charge in [-0.3, -0.25) is 14.7 Å². The maximum atomic E-state index is 12.5. The van der Waals surface area contributed by atoms with Gasteiger partial charge in [0.2, 0.25) is 5.91 Å². The highest BCUT2D eigenvalue weighted by atomic mass is 35.5. The summed E-state index contributed by atoms with van der Waals surface area (Å²) in [5.41, 5.74) is 8.44. The van der Waals surface area contributed by atoms with E-state index in [1.807, 2.05) is 47.5 Å². The summed E-state index contributed by atoms with van der Waals surface area (Å²) in [5, 5.41) is 0. The van der Waals surface area contributed by atoms with Gasteiger partial charge in [0.1, 0.15) is 0 Å². The Bertz CT molecular complexity index is 645. The van der Waals surface area contributed by atoms with E-state index < -0.39 is 6.04 Å². The van der Waals surface area contributed by atoms with Crippen LogP contribution in [0.5, 0.6) is 0 Å². The number of piperazine rings is 1. The summed E-state index contributed by atoms with van der Waals surface area (Å²) in [7, 11) is 0. The average molecular weight is 361 g/mol. The summed E-state index contributed by atoms with van der Waals surface area (Å²) in [5.74, 6) is 0.0554. The number of pyridine rings is 1. The lowest BCUT2D eigenvalue weighted by atomic mass is 10.1. The smallest absolute Gasteiger partial charge is 0.239 e. The molecule has 0 saturated carbocycles. The van der Waals surface area contributed by atoms with E-state index in [2.05, 4.69) is 16.0 Å². The van der Waals surface area contributed by atoms with Crippen LogP contribution in [0.3, 0.4) is 0 Å². The first-order valence-corrected chi connectivity index (χ1v) is 8.42. The van der Waals surface area contributed by atoms with Gasteiger partial charge in [-0.15, -0.1) is 12.4 Å². The normalized spacial score (nSPS) is 16.1. The zero-order valence-corrected chi connectivity index (χ0v) is 15.1. The number of benzene rings is 1. The number of halogens is 1. The Hall–Kier alpha value is -1.95. The molecule has 0 radical (unpaired) electrons. The molecule has 0 bridgehead atoms. The van der Waals surface area contributed by atoms with Gasteiger partial charge in [0.15, 0.2) is 0 Å². The number of carbonyl (C=O) groups excluding carboxylic acids is 1. The summed E-state index contributed by atoms with van der Waals surface area (Å²) in [6, 6.07) is 13.5. The van der Waals surface area contributed by atoms with Gasteiger partial charge in [-0.05, 0) is 23.6 Å². The molecule has 0 spiro atoms. The van der Waals surface area contributed by atoms with Crippen molar-refractivity contribution in [2.75, 3.05) is 26.2 Å². The van der Waals surface area contributed by atoms with E-state index in [-0.39, 0.29) is 18.3 Å². The molecule has 1 aromatic carbocycles. The third-order valence-electron chi connectivity index (χ3n) is 4.43. The van der Waals surface area contributed by atoms with Crippen molar-refractivity contribution >= 4 is 18.3 Å². The summed E-state index contributed by atoms with van der Waals surface area (Å²) in [4.78, 5) is 20.9. The minimum absolute atomic E-state index is 0. The van der Waals surface area contributed by atoms with Crippen molar-refractivity contribution < 1.29 is 4.79 Å². The van der Waals surface area contributed by atoms with E-state index in [4.69, 9.17) is 5.73 Å². The van der Waals surface area contributed by atoms with Crippen LogP contribution >= 0.6 is 12.4 Å². The third-order valence-corrected chi connectivity index (χ3v) is 4.43. The summed E-state index contributed by atoms with van der Waals surface area (Å²) < 4.78 is 0. The predicted molar refractivity (Wildman–Crippen MR) is 101 cm³/mol. The monoisotopic (exact) mass is 360 g/mol. The van der Waals surface area contributed by atoms with Crippen LogP contribution < -0.4 is 5.73 Å². The van der Waals surface area contributed by atoms with Crippen LogP contribution in [-0.4, -0.2) is 52.9 Å². The SMILES string of the molecule is Cl.NC(Cc1ccccc1)C(=O)N1CCN(Cc2cccnc2)CC1. The van der Waals surface area contributed by atoms with Crippen molar-refractivity contribution in [1.82, 2.24) is 14.8 Å². The summed E-state index contributed by atoms with van der Waals surface area (Å²) in [6.07, 6.45) is 4.27. The first-order chi connectivity index (χ1) is 11.7. The molecule has 1 atom stereocenters. The number of nitrogens with two attached hydrogens (primary N) is 1. The number of nitrogens with zero attached hydrogens (tertiary/aromatic N) is 3. The van der Waals surface area contributed by atoms with Gasteiger partial charge in [-0.25, -0.2) is 0 Å². The lowest BCUT2D eigenvalue weighted by Gasteiger charge is -2.35. The number of rotatable bonds is 5. The molecule has 2 heterocycles. The van der Waals surface area contributed by atoms with Crippen LogP contribution in [0.4, 0.5) is 0 Å². The topological polar surface area (TPSA) is 62.5 Å². The second kappa shape index (κ2) is 9.51. The van der Waals surface area contributed by atoms with Gasteiger partial charge in [0, 0.05) is 45.1 Å². The van der Waals surface area contributed by atoms with Crippen LogP contribution in [0.15, 0.2) is 54.9 Å². The highest BCUT2D eigenvalue weighted by Crippen LogP contribution is 2.10. The average Bonchev–Trinajstić information content (AvgIpc) is 2.63. The van der Waals surface area contributed by atoms with Crippen LogP contribution in [-0.2, 0) is 17.8 Å². The Labute approximate surface area is 155 Å². The highest BCUT2D eigenvalue weighted by molar-refractivity contribution is 5.85. The van der Waals surface area contributed by atoms with Crippen molar-refractivity contribution in [3.63, 3.8) is 0 Å². The summed E-state index contributed by atoms with van der Waals surface area (Å²) >= 11 is 0. The van der Waals surface area contributed by atoms with Crippen LogP contribution in [0.2, 0.25) is 0 Å². The summed E-state index contributed by atoms with van der Waals surface area (Å²) in [6.45, 7) is 4.10. The number of hydrogen-bond acceptors (Lipinski definition) is 4. The number of hydrogen-bond donors (Lipinski definition) is 1. The minimum Gasteiger partial charge on any atom is -0.339 e. The van der Waals surface area contributed by atoms with Gasteiger partial charge in [0.05, 0.1) is 6.04 Å². The lowest BCUT2D eigenvalue weighted by molar-refractivity contribution is -0.134. The molecule has 1 saturated heterocycles. The molecule has 1 amide bonds. The van der Waals surface area contributed by atoms with E-state index in [9.17, 15) is 4.79 Å². The molecule has 25 heavy (non-hydrogen) atoms. The lowest BCUT2D eigenvalue weighted by Crippen LogP contribution is -2.53. The molecule has 134 valence electrons. The van der Waals surface area contributed by atoms with E-state index in [0.717, 1.165) is 38.3 Å². The Kier molecular flexibility index (Phi) is 7.37. The van der Waals surface area contributed by atoms with Gasteiger partial charge < -0.3 is 10.6 Å². The maximum Gasteiger partial charge on any atom is 0.239 e. The van der Waals surface area contributed by atoms with Crippen LogP contribution in [0.1, 0.15) is 11.1 Å². The van der Waals surface area contributed by atoms with Crippen molar-refractivity contribution in [2.24, 2.45) is 5.73 Å². The molecule has 0 aliphatic carbocycles. The van der Waals surface area contributed by atoms with Gasteiger partial charge in [-0.2, -0.15) is 0 Å². The fraction of sp³-hybridized carbons (Fsp3) is 0.368. The van der Waals surface area contributed by atoms with Gasteiger partial charge in [-0.1, -0.05) is 36.4 Å². The maximum absolute atomic E-state index is 12.5. The Morgan fingerprint density at radius 1 is 1.04 bits per heavy atom. The zero-order chi connectivity index (χ0) is 16.8. The molecule has 2 N–H and O–H groups in total. The van der Waals surface area contributed by atoms with Crippen molar-refractivity contribution in [3.05, 3.63) is 66.0 Å². The standard InChI is InChI=1S/C19H24N4O.ClH/c20-18(13-16-5-2-1-3-6-16)19(24)23-11-9-22(10-12-23)15-17-7-4-8-21-14-17;/h1-8,14,18H,9-13,15,20H2;1H.